The van der Waals surface area contributed by atoms with Crippen molar-refractivity contribution in [3.05, 3.63) is 26.8 Å². The molecule has 0 saturated carbocycles. The number of thiocarbonyl (C=S) groups is 1. The molecule has 1 aliphatic rings. The number of carbonyl (C=O) groups excluding carboxylic acids is 2. The molecule has 1 aromatic rings. The summed E-state index contributed by atoms with van der Waals surface area (Å²) in [5, 5.41) is 10.3. The highest BCUT2D eigenvalue weighted by atomic mass is 127. The third-order valence-corrected chi connectivity index (χ3v) is 4.40. The number of ether oxygens (including phenoxy) is 1. The van der Waals surface area contributed by atoms with Crippen LogP contribution in [0.15, 0.2) is 17.7 Å². The predicted molar refractivity (Wildman–Crippen MR) is 93.5 cm³/mol. The number of hydrogen-bond donors (Lipinski definition) is 1. The number of halogens is 1. The average Bonchev–Trinajstić information content (AvgIpc) is 2.50. The van der Waals surface area contributed by atoms with Crippen molar-refractivity contribution in [2.75, 3.05) is 21.2 Å². The third kappa shape index (κ3) is 2.80. The number of rotatable bonds is 2. The fourth-order valence-corrected chi connectivity index (χ4v) is 2.77. The van der Waals surface area contributed by atoms with Crippen LogP contribution in [0.3, 0.4) is 0 Å². The molecule has 8 heteroatoms. The molecule has 6 nitrogen and oxygen atoms in total. The van der Waals surface area contributed by atoms with Crippen molar-refractivity contribution in [2.24, 2.45) is 0 Å². The van der Waals surface area contributed by atoms with Gasteiger partial charge in [-0.2, -0.15) is 0 Å². The number of nitrogens with zero attached hydrogens (tertiary/aromatic N) is 2. The maximum Gasteiger partial charge on any atom is 0.265 e. The second kappa shape index (κ2) is 6.21. The van der Waals surface area contributed by atoms with Gasteiger partial charge in [-0.25, -0.2) is 0 Å². The monoisotopic (exact) mass is 432 g/mol. The van der Waals surface area contributed by atoms with Crippen LogP contribution in [0.25, 0.3) is 6.08 Å². The lowest BCUT2D eigenvalue weighted by Gasteiger charge is -2.31. The van der Waals surface area contributed by atoms with Gasteiger partial charge in [0.2, 0.25) is 0 Å². The summed E-state index contributed by atoms with van der Waals surface area (Å²) in [6.45, 7) is 0. The van der Waals surface area contributed by atoms with E-state index >= 15 is 0 Å². The molecule has 1 fully saturated rings. The van der Waals surface area contributed by atoms with Gasteiger partial charge in [-0.1, -0.05) is 0 Å². The number of phenols is 1. The van der Waals surface area contributed by atoms with Crippen LogP contribution < -0.4 is 4.74 Å². The summed E-state index contributed by atoms with van der Waals surface area (Å²) < 4.78 is 5.87. The number of carbonyl (C=O) groups is 2. The van der Waals surface area contributed by atoms with E-state index in [0.29, 0.717) is 5.56 Å². The molecule has 1 saturated heterocycles. The van der Waals surface area contributed by atoms with Crippen molar-refractivity contribution >= 4 is 57.8 Å². The van der Waals surface area contributed by atoms with E-state index in [9.17, 15) is 14.7 Å². The SMILES string of the molecule is COc1cc(I)cc(C=C2C(=O)N(C)C(=S)N(C)C2=O)c1O. The summed E-state index contributed by atoms with van der Waals surface area (Å²) in [5.74, 6) is -0.878. The Bertz CT molecular complexity index is 691. The molecule has 1 N–H and O–H groups in total. The summed E-state index contributed by atoms with van der Waals surface area (Å²) >= 11 is 7.08. The van der Waals surface area contributed by atoms with Crippen LogP contribution in [0.5, 0.6) is 11.5 Å². The van der Waals surface area contributed by atoms with Crippen LogP contribution in [0.4, 0.5) is 0 Å². The zero-order valence-corrected chi connectivity index (χ0v) is 15.1. The van der Waals surface area contributed by atoms with Crippen LogP contribution in [-0.4, -0.2) is 53.0 Å². The minimum absolute atomic E-state index is 0.0713. The molecule has 0 aromatic heterocycles. The first-order valence-corrected chi connectivity index (χ1v) is 7.65. The second-order valence-corrected chi connectivity index (χ2v) is 6.23. The molecule has 1 heterocycles. The lowest BCUT2D eigenvalue weighted by Crippen LogP contribution is -2.52. The van der Waals surface area contributed by atoms with E-state index in [0.717, 1.165) is 3.57 Å². The Labute approximate surface area is 146 Å². The fraction of sp³-hybridized carbons (Fsp3) is 0.214. The highest BCUT2D eigenvalue weighted by Crippen LogP contribution is 2.34. The number of hydrogen-bond acceptors (Lipinski definition) is 5. The Morgan fingerprint density at radius 3 is 2.27 bits per heavy atom. The van der Waals surface area contributed by atoms with E-state index < -0.39 is 11.8 Å². The molecular formula is C14H13IN2O4S. The number of benzene rings is 1. The van der Waals surface area contributed by atoms with Gasteiger partial charge in [0, 0.05) is 23.2 Å². The Balaban J connectivity index is 2.57. The van der Waals surface area contributed by atoms with Crippen LogP contribution in [-0.2, 0) is 9.59 Å². The molecule has 2 amide bonds. The van der Waals surface area contributed by atoms with E-state index in [1.54, 1.807) is 12.1 Å². The summed E-state index contributed by atoms with van der Waals surface area (Å²) in [4.78, 5) is 26.9. The summed E-state index contributed by atoms with van der Waals surface area (Å²) in [6, 6.07) is 3.30. The van der Waals surface area contributed by atoms with Crippen molar-refractivity contribution in [1.82, 2.24) is 9.80 Å². The molecule has 0 bridgehead atoms. The summed E-state index contributed by atoms with van der Waals surface area (Å²) in [7, 11) is 4.42. The molecule has 0 atom stereocenters. The van der Waals surface area contributed by atoms with Gasteiger partial charge >= 0.3 is 0 Å². The van der Waals surface area contributed by atoms with E-state index in [-0.39, 0.29) is 22.2 Å². The first-order valence-electron chi connectivity index (χ1n) is 6.16. The van der Waals surface area contributed by atoms with Crippen LogP contribution in [0.1, 0.15) is 5.56 Å². The number of aromatic hydroxyl groups is 1. The minimum Gasteiger partial charge on any atom is -0.504 e. The van der Waals surface area contributed by atoms with Gasteiger partial charge in [-0.05, 0) is 53.0 Å². The quantitative estimate of drug-likeness (QED) is 0.333. The van der Waals surface area contributed by atoms with Crippen LogP contribution in [0.2, 0.25) is 0 Å². The predicted octanol–water partition coefficient (Wildman–Crippen LogP) is 1.60. The van der Waals surface area contributed by atoms with Crippen LogP contribution >= 0.6 is 34.8 Å². The topological polar surface area (TPSA) is 70.1 Å². The van der Waals surface area contributed by atoms with Gasteiger partial charge in [0.15, 0.2) is 16.6 Å². The zero-order valence-electron chi connectivity index (χ0n) is 12.1. The van der Waals surface area contributed by atoms with E-state index in [1.165, 1.54) is 37.1 Å². The van der Waals surface area contributed by atoms with E-state index in [1.807, 2.05) is 0 Å². The standard InChI is InChI=1S/C14H13IN2O4S/c1-16-12(19)9(13(20)17(2)14(16)22)5-7-4-8(15)6-10(21-3)11(7)18/h4-6,18H,1-3H3. The number of likely N-dealkylation sites (N-methyl/N-ethyl adjacent to an activating group) is 2. The lowest BCUT2D eigenvalue weighted by molar-refractivity contribution is -0.132. The minimum atomic E-state index is -0.509. The summed E-state index contributed by atoms with van der Waals surface area (Å²) in [6.07, 6.45) is 1.35. The van der Waals surface area contributed by atoms with Crippen molar-refractivity contribution in [2.45, 2.75) is 0 Å². The Morgan fingerprint density at radius 2 is 1.77 bits per heavy atom. The van der Waals surface area contributed by atoms with Gasteiger partial charge in [-0.15, -0.1) is 0 Å². The van der Waals surface area contributed by atoms with E-state index in [2.05, 4.69) is 22.6 Å². The molecule has 0 spiro atoms. The third-order valence-electron chi connectivity index (χ3n) is 3.23. The maximum absolute atomic E-state index is 12.3. The molecule has 0 unspecified atom stereocenters. The lowest BCUT2D eigenvalue weighted by atomic mass is 10.1. The maximum atomic E-state index is 12.3. The van der Waals surface area contributed by atoms with Crippen molar-refractivity contribution in [3.8, 4) is 11.5 Å². The molecular weight excluding hydrogens is 419 g/mol. The molecule has 1 aliphatic heterocycles. The molecule has 0 radical (unpaired) electrons. The number of amides is 2. The van der Waals surface area contributed by atoms with Crippen molar-refractivity contribution in [1.29, 1.82) is 0 Å². The Morgan fingerprint density at radius 1 is 1.23 bits per heavy atom. The van der Waals surface area contributed by atoms with Crippen LogP contribution in [0, 0.1) is 3.57 Å². The number of methoxy groups -OCH3 is 1. The number of phenolic OH excluding ortho intramolecular Hbond substituents is 1. The smallest absolute Gasteiger partial charge is 0.265 e. The first-order chi connectivity index (χ1) is 10.3. The average molecular weight is 432 g/mol. The molecule has 0 aliphatic carbocycles. The van der Waals surface area contributed by atoms with Crippen molar-refractivity contribution < 1.29 is 19.4 Å². The van der Waals surface area contributed by atoms with Gasteiger partial charge in [-0.3, -0.25) is 19.4 Å². The fourth-order valence-electron chi connectivity index (χ4n) is 1.99. The zero-order chi connectivity index (χ0) is 16.6. The highest BCUT2D eigenvalue weighted by Gasteiger charge is 2.35. The van der Waals surface area contributed by atoms with Gasteiger partial charge in [0.05, 0.1) is 7.11 Å². The Kier molecular flexibility index (Phi) is 4.71. The molecule has 116 valence electrons. The molecule has 2 rings (SSSR count). The van der Waals surface area contributed by atoms with E-state index in [4.69, 9.17) is 17.0 Å². The second-order valence-electron chi connectivity index (χ2n) is 4.61. The highest BCUT2D eigenvalue weighted by molar-refractivity contribution is 14.1. The molecule has 1 aromatic carbocycles. The Hall–Kier alpha value is -1.68. The van der Waals surface area contributed by atoms with Gasteiger partial charge in [0.1, 0.15) is 5.57 Å². The molecule has 22 heavy (non-hydrogen) atoms. The largest absolute Gasteiger partial charge is 0.504 e. The summed E-state index contributed by atoms with van der Waals surface area (Å²) in [5.41, 5.74) is 0.257. The van der Waals surface area contributed by atoms with Gasteiger partial charge < -0.3 is 9.84 Å². The van der Waals surface area contributed by atoms with Gasteiger partial charge in [0.25, 0.3) is 11.8 Å². The first kappa shape index (κ1) is 16.7. The normalized spacial score (nSPS) is 15.5. The van der Waals surface area contributed by atoms with Crippen molar-refractivity contribution in [3.63, 3.8) is 0 Å².